The summed E-state index contributed by atoms with van der Waals surface area (Å²) in [5, 5.41) is 4.99. The van der Waals surface area contributed by atoms with Crippen LogP contribution in [0.4, 0.5) is 5.69 Å². The fourth-order valence-electron chi connectivity index (χ4n) is 3.46. The summed E-state index contributed by atoms with van der Waals surface area (Å²) in [5.41, 5.74) is 0.976. The zero-order valence-corrected chi connectivity index (χ0v) is 18.3. The highest BCUT2D eigenvalue weighted by molar-refractivity contribution is 7.92. The summed E-state index contributed by atoms with van der Waals surface area (Å²) in [4.78, 5) is 4.38. The predicted molar refractivity (Wildman–Crippen MR) is 113 cm³/mol. The van der Waals surface area contributed by atoms with Crippen LogP contribution in [-0.4, -0.2) is 49.0 Å². The minimum Gasteiger partial charge on any atom is -0.278 e. The number of anilines is 1. The van der Waals surface area contributed by atoms with E-state index >= 15 is 0 Å². The van der Waals surface area contributed by atoms with E-state index in [9.17, 15) is 16.8 Å². The second-order valence-electron chi connectivity index (χ2n) is 7.51. The van der Waals surface area contributed by atoms with Gasteiger partial charge in [0.05, 0.1) is 27.9 Å². The summed E-state index contributed by atoms with van der Waals surface area (Å²) < 4.78 is 56.4. The van der Waals surface area contributed by atoms with Crippen molar-refractivity contribution in [2.45, 2.75) is 42.5 Å². The van der Waals surface area contributed by atoms with E-state index in [2.05, 4.69) is 14.8 Å². The molecule has 0 saturated carbocycles. The van der Waals surface area contributed by atoms with Crippen LogP contribution in [0.2, 0.25) is 0 Å². The van der Waals surface area contributed by atoms with Gasteiger partial charge in [-0.1, -0.05) is 0 Å². The predicted octanol–water partition coefficient (Wildman–Crippen LogP) is 2.60. The summed E-state index contributed by atoms with van der Waals surface area (Å²) in [6, 6.07) is 7.06. The van der Waals surface area contributed by atoms with Crippen molar-refractivity contribution < 1.29 is 16.8 Å². The topological polar surface area (TPSA) is 114 Å². The van der Waals surface area contributed by atoms with E-state index in [-0.39, 0.29) is 15.8 Å². The lowest BCUT2D eigenvalue weighted by Gasteiger charge is -2.15. The molecule has 0 amide bonds. The number of fused-ring (bicyclic) bond motifs is 1. The SMILES string of the molecule is CC(C)n1ncc2cc(NS(=O)(=O)c3ccc(S(=O)(=O)N4CCCC4)cc3)cnc21. The van der Waals surface area contributed by atoms with Gasteiger partial charge in [0.15, 0.2) is 5.65 Å². The number of aromatic nitrogens is 3. The Bertz CT molecular complexity index is 1280. The van der Waals surface area contributed by atoms with Crippen molar-refractivity contribution in [3.8, 4) is 0 Å². The number of hydrogen-bond donors (Lipinski definition) is 1. The zero-order valence-electron chi connectivity index (χ0n) is 16.7. The van der Waals surface area contributed by atoms with E-state index in [4.69, 9.17) is 0 Å². The molecule has 1 N–H and O–H groups in total. The number of nitrogens with one attached hydrogen (secondary N) is 1. The van der Waals surface area contributed by atoms with E-state index in [0.29, 0.717) is 24.4 Å². The highest BCUT2D eigenvalue weighted by Crippen LogP contribution is 2.24. The van der Waals surface area contributed by atoms with Gasteiger partial charge in [-0.2, -0.15) is 9.40 Å². The lowest BCUT2D eigenvalue weighted by molar-refractivity contribution is 0.477. The molecule has 4 rings (SSSR count). The van der Waals surface area contributed by atoms with E-state index in [1.165, 1.54) is 34.8 Å². The molecular formula is C19H23N5O4S2. The molecule has 160 valence electrons. The van der Waals surface area contributed by atoms with Crippen molar-refractivity contribution in [3.63, 3.8) is 0 Å². The average Bonchev–Trinajstić information content (AvgIpc) is 3.38. The molecule has 2 aromatic heterocycles. The van der Waals surface area contributed by atoms with Gasteiger partial charge in [-0.3, -0.25) is 4.72 Å². The number of pyridine rings is 1. The minimum atomic E-state index is -3.90. The Balaban J connectivity index is 1.57. The van der Waals surface area contributed by atoms with Crippen molar-refractivity contribution >= 4 is 36.8 Å². The molecule has 9 nitrogen and oxygen atoms in total. The first kappa shape index (κ1) is 20.8. The summed E-state index contributed by atoms with van der Waals surface area (Å²) in [6.07, 6.45) is 4.75. The van der Waals surface area contributed by atoms with Crippen LogP contribution in [0.1, 0.15) is 32.7 Å². The Morgan fingerprint density at radius 1 is 0.967 bits per heavy atom. The highest BCUT2D eigenvalue weighted by atomic mass is 32.2. The van der Waals surface area contributed by atoms with Crippen LogP contribution in [-0.2, 0) is 20.0 Å². The van der Waals surface area contributed by atoms with Crippen LogP contribution in [0, 0.1) is 0 Å². The molecule has 0 unspecified atom stereocenters. The third-order valence-electron chi connectivity index (χ3n) is 5.01. The zero-order chi connectivity index (χ0) is 21.5. The maximum atomic E-state index is 12.7. The fourth-order valence-corrected chi connectivity index (χ4v) is 6.01. The van der Waals surface area contributed by atoms with Gasteiger partial charge in [0.25, 0.3) is 10.0 Å². The van der Waals surface area contributed by atoms with Crippen molar-refractivity contribution in [2.75, 3.05) is 17.8 Å². The standard InChI is InChI=1S/C19H23N5O4S2/c1-14(2)24-19-15(12-21-24)11-16(13-20-19)22-29(25,26)17-5-7-18(8-6-17)30(27,28)23-9-3-4-10-23/h5-8,11-14,22H,3-4,9-10H2,1-2H3. The van der Waals surface area contributed by atoms with Gasteiger partial charge in [0.1, 0.15) is 0 Å². The summed E-state index contributed by atoms with van der Waals surface area (Å²) in [7, 11) is -7.49. The Morgan fingerprint density at radius 3 is 2.23 bits per heavy atom. The highest BCUT2D eigenvalue weighted by Gasteiger charge is 2.27. The van der Waals surface area contributed by atoms with Gasteiger partial charge in [-0.05, 0) is 57.0 Å². The van der Waals surface area contributed by atoms with E-state index < -0.39 is 20.0 Å². The molecule has 1 fully saturated rings. The molecule has 0 atom stereocenters. The fraction of sp³-hybridized carbons (Fsp3) is 0.368. The van der Waals surface area contributed by atoms with Gasteiger partial charge in [0.2, 0.25) is 10.0 Å². The Morgan fingerprint density at radius 2 is 1.60 bits per heavy atom. The molecule has 11 heteroatoms. The van der Waals surface area contributed by atoms with Crippen molar-refractivity contribution in [3.05, 3.63) is 42.7 Å². The minimum absolute atomic E-state index is 0.0270. The molecule has 30 heavy (non-hydrogen) atoms. The lowest BCUT2D eigenvalue weighted by atomic mass is 10.3. The van der Waals surface area contributed by atoms with Gasteiger partial charge in [0, 0.05) is 24.5 Å². The van der Waals surface area contributed by atoms with Gasteiger partial charge < -0.3 is 0 Å². The molecule has 1 aliphatic heterocycles. The number of nitrogens with zero attached hydrogens (tertiary/aromatic N) is 4. The number of hydrogen-bond acceptors (Lipinski definition) is 6. The number of sulfonamides is 2. The molecule has 1 saturated heterocycles. The first-order chi connectivity index (χ1) is 14.2. The van der Waals surface area contributed by atoms with Crippen LogP contribution in [0.15, 0.2) is 52.5 Å². The van der Waals surface area contributed by atoms with E-state index in [1.54, 1.807) is 16.9 Å². The summed E-state index contributed by atoms with van der Waals surface area (Å²) >= 11 is 0. The van der Waals surface area contributed by atoms with Crippen molar-refractivity contribution in [2.24, 2.45) is 0 Å². The maximum Gasteiger partial charge on any atom is 0.261 e. The largest absolute Gasteiger partial charge is 0.278 e. The van der Waals surface area contributed by atoms with Crippen LogP contribution in [0.25, 0.3) is 11.0 Å². The molecule has 0 aliphatic carbocycles. The van der Waals surface area contributed by atoms with Crippen LogP contribution < -0.4 is 4.72 Å². The third-order valence-corrected chi connectivity index (χ3v) is 8.32. The maximum absolute atomic E-state index is 12.7. The quantitative estimate of drug-likeness (QED) is 0.619. The molecule has 1 aromatic carbocycles. The smallest absolute Gasteiger partial charge is 0.261 e. The van der Waals surface area contributed by atoms with Gasteiger partial charge >= 0.3 is 0 Å². The molecule has 3 heterocycles. The Kier molecular flexibility index (Phi) is 5.28. The lowest BCUT2D eigenvalue weighted by Crippen LogP contribution is -2.27. The van der Waals surface area contributed by atoms with Crippen LogP contribution in [0.5, 0.6) is 0 Å². The van der Waals surface area contributed by atoms with E-state index in [1.807, 2.05) is 13.8 Å². The number of rotatable bonds is 6. The third kappa shape index (κ3) is 3.80. The number of benzene rings is 1. The molecule has 0 radical (unpaired) electrons. The Labute approximate surface area is 175 Å². The second kappa shape index (κ2) is 7.64. The summed E-state index contributed by atoms with van der Waals surface area (Å²) in [6.45, 7) is 4.95. The monoisotopic (exact) mass is 449 g/mol. The normalized spacial score (nSPS) is 15.8. The Hall–Kier alpha value is -2.50. The first-order valence-corrected chi connectivity index (χ1v) is 12.6. The average molecular weight is 450 g/mol. The summed E-state index contributed by atoms with van der Waals surface area (Å²) in [5.74, 6) is 0. The second-order valence-corrected chi connectivity index (χ2v) is 11.1. The molecule has 0 spiro atoms. The van der Waals surface area contributed by atoms with Crippen LogP contribution >= 0.6 is 0 Å². The van der Waals surface area contributed by atoms with Gasteiger partial charge in [-0.15, -0.1) is 0 Å². The molecular weight excluding hydrogens is 426 g/mol. The molecule has 1 aliphatic rings. The van der Waals surface area contributed by atoms with E-state index in [0.717, 1.165) is 18.2 Å². The molecule has 3 aromatic rings. The van der Waals surface area contributed by atoms with Gasteiger partial charge in [-0.25, -0.2) is 26.5 Å². The molecule has 0 bridgehead atoms. The first-order valence-electron chi connectivity index (χ1n) is 9.65. The van der Waals surface area contributed by atoms with Crippen molar-refractivity contribution in [1.82, 2.24) is 19.1 Å². The van der Waals surface area contributed by atoms with Crippen LogP contribution in [0.3, 0.4) is 0 Å². The van der Waals surface area contributed by atoms with Crippen molar-refractivity contribution in [1.29, 1.82) is 0 Å².